The van der Waals surface area contributed by atoms with E-state index in [1.165, 1.54) is 13.0 Å². The summed E-state index contributed by atoms with van der Waals surface area (Å²) in [5, 5.41) is 0.301. The lowest BCUT2D eigenvalue weighted by atomic mass is 10.1. The zero-order valence-electron chi connectivity index (χ0n) is 9.42. The molecule has 0 aliphatic heterocycles. The molecule has 94 valence electrons. The number of aromatic amines is 1. The number of pyridine rings is 1. The van der Waals surface area contributed by atoms with E-state index in [0.29, 0.717) is 10.9 Å². The molecule has 0 unspecified atom stereocenters. The van der Waals surface area contributed by atoms with Crippen molar-refractivity contribution in [3.63, 3.8) is 0 Å². The van der Waals surface area contributed by atoms with E-state index in [-0.39, 0.29) is 12.1 Å². The van der Waals surface area contributed by atoms with E-state index in [1.54, 1.807) is 0 Å². The number of nitrogens with one attached hydrogen (secondary N) is 1. The van der Waals surface area contributed by atoms with E-state index in [9.17, 15) is 18.4 Å². The van der Waals surface area contributed by atoms with Crippen LogP contribution >= 0.6 is 0 Å². The second-order valence-electron chi connectivity index (χ2n) is 3.75. The van der Waals surface area contributed by atoms with Gasteiger partial charge in [0.2, 0.25) is 5.56 Å². The van der Waals surface area contributed by atoms with E-state index in [2.05, 4.69) is 4.98 Å². The van der Waals surface area contributed by atoms with Crippen molar-refractivity contribution in [2.24, 2.45) is 0 Å². The van der Waals surface area contributed by atoms with Crippen LogP contribution in [0.3, 0.4) is 0 Å². The molecule has 0 saturated carbocycles. The number of hydrogen-bond donors (Lipinski definition) is 1. The summed E-state index contributed by atoms with van der Waals surface area (Å²) in [4.78, 5) is 24.4. The molecule has 18 heavy (non-hydrogen) atoms. The molecular weight excluding hydrogens is 244 g/mol. The number of aromatic nitrogens is 1. The van der Waals surface area contributed by atoms with Gasteiger partial charge in [0.25, 0.3) is 0 Å². The molecule has 0 spiro atoms. The zero-order chi connectivity index (χ0) is 13.3. The third-order valence-electron chi connectivity index (χ3n) is 2.40. The van der Waals surface area contributed by atoms with Crippen molar-refractivity contribution in [2.75, 3.05) is 0 Å². The second kappa shape index (κ2) is 4.56. The van der Waals surface area contributed by atoms with Gasteiger partial charge in [-0.2, -0.15) is 0 Å². The van der Waals surface area contributed by atoms with E-state index in [0.717, 1.165) is 12.1 Å². The van der Waals surface area contributed by atoms with Gasteiger partial charge in [-0.05, 0) is 6.07 Å². The van der Waals surface area contributed by atoms with Crippen LogP contribution in [0.4, 0.5) is 8.78 Å². The van der Waals surface area contributed by atoms with Gasteiger partial charge in [0.1, 0.15) is 6.61 Å². The molecule has 6 heteroatoms. The third kappa shape index (κ3) is 2.37. The molecule has 1 heterocycles. The van der Waals surface area contributed by atoms with Crippen molar-refractivity contribution in [1.82, 2.24) is 4.98 Å². The first kappa shape index (κ1) is 12.2. The number of rotatable bonds is 2. The molecule has 0 aliphatic rings. The summed E-state index contributed by atoms with van der Waals surface area (Å²) in [7, 11) is 0. The lowest BCUT2D eigenvalue weighted by Crippen LogP contribution is -2.09. The van der Waals surface area contributed by atoms with Crippen LogP contribution in [0.2, 0.25) is 0 Å². The summed E-state index contributed by atoms with van der Waals surface area (Å²) in [6.07, 6.45) is 0. The van der Waals surface area contributed by atoms with Crippen molar-refractivity contribution in [2.45, 2.75) is 13.5 Å². The normalized spacial score (nSPS) is 10.6. The second-order valence-corrected chi connectivity index (χ2v) is 3.75. The molecule has 0 aliphatic carbocycles. The third-order valence-corrected chi connectivity index (χ3v) is 2.40. The predicted octanol–water partition coefficient (Wildman–Crippen LogP) is 1.87. The molecule has 2 aromatic rings. The predicted molar refractivity (Wildman–Crippen MR) is 60.0 cm³/mol. The Bertz CT molecular complexity index is 679. The number of H-pyrrole nitrogens is 1. The number of ether oxygens (including phenoxy) is 1. The standard InChI is InChI=1S/C12H9F2NO3/c1-6(16)18-5-7-2-12(17)15-11-4-10(14)9(13)3-8(7)11/h2-4H,5H2,1H3,(H,15,17). The van der Waals surface area contributed by atoms with Gasteiger partial charge < -0.3 is 9.72 Å². The quantitative estimate of drug-likeness (QED) is 0.831. The van der Waals surface area contributed by atoms with Gasteiger partial charge in [0.05, 0.1) is 5.52 Å². The zero-order valence-corrected chi connectivity index (χ0v) is 9.42. The number of hydrogen-bond acceptors (Lipinski definition) is 3. The number of esters is 1. The minimum atomic E-state index is -1.05. The van der Waals surface area contributed by atoms with Gasteiger partial charge in [-0.1, -0.05) is 0 Å². The molecule has 0 bridgehead atoms. The van der Waals surface area contributed by atoms with Crippen LogP contribution in [0.5, 0.6) is 0 Å². The monoisotopic (exact) mass is 253 g/mol. The average Bonchev–Trinajstić information content (AvgIpc) is 2.28. The highest BCUT2D eigenvalue weighted by molar-refractivity contribution is 5.82. The number of fused-ring (bicyclic) bond motifs is 1. The van der Waals surface area contributed by atoms with Crippen molar-refractivity contribution < 1.29 is 18.3 Å². The molecule has 2 rings (SSSR count). The number of halogens is 2. The van der Waals surface area contributed by atoms with Gasteiger partial charge in [-0.3, -0.25) is 9.59 Å². The molecule has 0 saturated heterocycles. The summed E-state index contributed by atoms with van der Waals surface area (Å²) in [5.74, 6) is -2.60. The first-order valence-electron chi connectivity index (χ1n) is 5.11. The summed E-state index contributed by atoms with van der Waals surface area (Å²) >= 11 is 0. The van der Waals surface area contributed by atoms with Crippen LogP contribution in [0.15, 0.2) is 23.0 Å². The molecule has 0 atom stereocenters. The van der Waals surface area contributed by atoms with Crippen molar-refractivity contribution in [3.05, 3.63) is 45.8 Å². The molecule has 0 radical (unpaired) electrons. The minimum Gasteiger partial charge on any atom is -0.461 e. The van der Waals surface area contributed by atoms with E-state index in [4.69, 9.17) is 4.74 Å². The Kier molecular flexibility index (Phi) is 3.10. The fourth-order valence-corrected chi connectivity index (χ4v) is 1.62. The van der Waals surface area contributed by atoms with Crippen LogP contribution in [0.1, 0.15) is 12.5 Å². The summed E-state index contributed by atoms with van der Waals surface area (Å²) in [6, 6.07) is 3.03. The summed E-state index contributed by atoms with van der Waals surface area (Å²) in [5.41, 5.74) is 0.00191. The van der Waals surface area contributed by atoms with Crippen LogP contribution in [0.25, 0.3) is 10.9 Å². The van der Waals surface area contributed by atoms with Gasteiger partial charge in [0, 0.05) is 30.0 Å². The Morgan fingerprint density at radius 3 is 2.61 bits per heavy atom. The first-order valence-corrected chi connectivity index (χ1v) is 5.11. The number of benzene rings is 1. The molecular formula is C12H9F2NO3. The Morgan fingerprint density at radius 1 is 1.28 bits per heavy atom. The maximum Gasteiger partial charge on any atom is 0.302 e. The fourth-order valence-electron chi connectivity index (χ4n) is 1.62. The minimum absolute atomic E-state index is 0.156. The van der Waals surface area contributed by atoms with Crippen LogP contribution in [-0.4, -0.2) is 11.0 Å². The lowest BCUT2D eigenvalue weighted by Gasteiger charge is -2.07. The van der Waals surface area contributed by atoms with E-state index in [1.807, 2.05) is 0 Å². The highest BCUT2D eigenvalue weighted by Gasteiger charge is 2.10. The summed E-state index contributed by atoms with van der Waals surface area (Å²) < 4.78 is 31.0. The van der Waals surface area contributed by atoms with Crippen LogP contribution in [0, 0.1) is 11.6 Å². The topological polar surface area (TPSA) is 59.2 Å². The maximum atomic E-state index is 13.2. The maximum absolute atomic E-state index is 13.2. The van der Waals surface area contributed by atoms with Crippen LogP contribution in [-0.2, 0) is 16.1 Å². The van der Waals surface area contributed by atoms with E-state index >= 15 is 0 Å². The van der Waals surface area contributed by atoms with Crippen molar-refractivity contribution in [1.29, 1.82) is 0 Å². The molecule has 0 fully saturated rings. The van der Waals surface area contributed by atoms with Gasteiger partial charge >= 0.3 is 5.97 Å². The van der Waals surface area contributed by atoms with Crippen molar-refractivity contribution in [3.8, 4) is 0 Å². The Hall–Kier alpha value is -2.24. The first-order chi connectivity index (χ1) is 8.47. The van der Waals surface area contributed by atoms with Crippen molar-refractivity contribution >= 4 is 16.9 Å². The molecule has 4 nitrogen and oxygen atoms in total. The fraction of sp³-hybridized carbons (Fsp3) is 0.167. The highest BCUT2D eigenvalue weighted by atomic mass is 19.2. The molecule has 0 amide bonds. The number of carbonyl (C=O) groups is 1. The SMILES string of the molecule is CC(=O)OCc1cc(=O)[nH]c2cc(F)c(F)cc12. The molecule has 1 aromatic heterocycles. The Balaban J connectivity index is 2.60. The Labute approximate surface area is 100 Å². The van der Waals surface area contributed by atoms with Gasteiger partial charge in [-0.25, -0.2) is 8.78 Å². The van der Waals surface area contributed by atoms with Crippen LogP contribution < -0.4 is 5.56 Å². The van der Waals surface area contributed by atoms with Gasteiger partial charge in [-0.15, -0.1) is 0 Å². The molecule has 1 aromatic carbocycles. The molecule has 1 N–H and O–H groups in total. The lowest BCUT2D eigenvalue weighted by molar-refractivity contribution is -0.142. The largest absolute Gasteiger partial charge is 0.461 e. The summed E-state index contributed by atoms with van der Waals surface area (Å²) in [6.45, 7) is 1.05. The Morgan fingerprint density at radius 2 is 1.94 bits per heavy atom. The van der Waals surface area contributed by atoms with Gasteiger partial charge in [0.15, 0.2) is 11.6 Å². The average molecular weight is 253 g/mol. The highest BCUT2D eigenvalue weighted by Crippen LogP contribution is 2.19. The number of carbonyl (C=O) groups excluding carboxylic acids is 1. The smallest absolute Gasteiger partial charge is 0.302 e. The van der Waals surface area contributed by atoms with E-state index < -0.39 is 23.2 Å².